The molecule has 9 heteroatoms. The molecule has 5 heterocycles. The zero-order valence-corrected chi connectivity index (χ0v) is 17.7. The van der Waals surface area contributed by atoms with Crippen LogP contribution in [0.3, 0.4) is 0 Å². The van der Waals surface area contributed by atoms with Crippen LogP contribution in [0.5, 0.6) is 5.75 Å². The molecule has 1 N–H and O–H groups in total. The number of fused-ring (bicyclic) bond motifs is 8. The van der Waals surface area contributed by atoms with Crippen LogP contribution in [0.1, 0.15) is 40.3 Å². The molecule has 2 aliphatic heterocycles. The molecule has 8 rings (SSSR count). The Labute approximate surface area is 186 Å². The van der Waals surface area contributed by atoms with E-state index in [2.05, 4.69) is 28.8 Å². The first-order valence-electron chi connectivity index (χ1n) is 10.8. The van der Waals surface area contributed by atoms with Crippen LogP contribution in [0.25, 0.3) is 27.4 Å². The summed E-state index contributed by atoms with van der Waals surface area (Å²) in [6.07, 6.45) is 6.66. The van der Waals surface area contributed by atoms with E-state index in [4.69, 9.17) is 24.1 Å². The topological polar surface area (TPSA) is 85.5 Å². The molecule has 2 unspecified atom stereocenters. The zero-order valence-electron chi connectivity index (χ0n) is 16.9. The van der Waals surface area contributed by atoms with Gasteiger partial charge in [0.05, 0.1) is 18.1 Å². The number of benzene rings is 1. The number of ether oxygens (including phenoxy) is 1. The smallest absolute Gasteiger partial charge is 0.224 e. The molecule has 0 saturated heterocycles. The van der Waals surface area contributed by atoms with Crippen LogP contribution in [0.15, 0.2) is 41.1 Å². The lowest BCUT2D eigenvalue weighted by atomic mass is 9.80. The minimum absolute atomic E-state index is 0.355. The summed E-state index contributed by atoms with van der Waals surface area (Å²) in [7, 11) is 0. The number of hydrogen-bond donors (Lipinski definition) is 1. The van der Waals surface area contributed by atoms with Crippen LogP contribution in [0.4, 0.5) is 5.82 Å². The first-order chi connectivity index (χ1) is 15.8. The van der Waals surface area contributed by atoms with E-state index in [-0.39, 0.29) is 6.29 Å². The molecule has 2 aliphatic carbocycles. The van der Waals surface area contributed by atoms with Crippen LogP contribution >= 0.6 is 11.3 Å². The average molecular weight is 443 g/mol. The predicted octanol–water partition coefficient (Wildman–Crippen LogP) is 4.66. The molecule has 0 saturated carbocycles. The van der Waals surface area contributed by atoms with E-state index in [1.54, 1.807) is 28.8 Å². The van der Waals surface area contributed by atoms with Gasteiger partial charge < -0.3 is 9.26 Å². The minimum Gasteiger partial charge on any atom is -0.463 e. The Morgan fingerprint density at radius 1 is 1.19 bits per heavy atom. The lowest BCUT2D eigenvalue weighted by Crippen LogP contribution is -2.37. The fourth-order valence-corrected chi connectivity index (χ4v) is 6.55. The van der Waals surface area contributed by atoms with Gasteiger partial charge in [-0.05, 0) is 30.0 Å². The summed E-state index contributed by atoms with van der Waals surface area (Å²) in [6.45, 7) is 0.563. The number of nitrogens with one attached hydrogen (secondary N) is 1. The van der Waals surface area contributed by atoms with Crippen molar-refractivity contribution in [3.63, 3.8) is 0 Å². The summed E-state index contributed by atoms with van der Waals surface area (Å²) in [5.41, 5.74) is 8.49. The van der Waals surface area contributed by atoms with E-state index < -0.39 is 0 Å². The highest BCUT2D eigenvalue weighted by atomic mass is 32.1. The molecular weight excluding hydrogens is 426 g/mol. The van der Waals surface area contributed by atoms with Gasteiger partial charge in [-0.1, -0.05) is 28.5 Å². The molecular formula is C23H17N5O3S. The highest BCUT2D eigenvalue weighted by Gasteiger charge is 2.40. The van der Waals surface area contributed by atoms with Gasteiger partial charge in [0.25, 0.3) is 0 Å². The molecule has 0 amide bonds. The number of hydrogen-bond acceptors (Lipinski definition) is 9. The second kappa shape index (κ2) is 6.16. The van der Waals surface area contributed by atoms with Gasteiger partial charge in [-0.2, -0.15) is 0 Å². The van der Waals surface area contributed by atoms with E-state index in [0.29, 0.717) is 29.9 Å². The van der Waals surface area contributed by atoms with Crippen molar-refractivity contribution < 1.29 is 14.1 Å². The predicted molar refractivity (Wildman–Crippen MR) is 118 cm³/mol. The van der Waals surface area contributed by atoms with E-state index in [1.165, 1.54) is 28.0 Å². The highest BCUT2D eigenvalue weighted by molar-refractivity contribution is 7.19. The second-order valence-corrected chi connectivity index (χ2v) is 9.56. The SMILES string of the molecule is C1=C2c3c(sc4nc(-c5ccno5)nc(NN5Cc6ccc7c(c6)CC(O7)O5)c34)C2CC1. The van der Waals surface area contributed by atoms with Crippen molar-refractivity contribution in [2.45, 2.75) is 38.0 Å². The van der Waals surface area contributed by atoms with Gasteiger partial charge in [0.15, 0.2) is 5.82 Å². The molecule has 158 valence electrons. The van der Waals surface area contributed by atoms with E-state index in [9.17, 15) is 0 Å². The monoisotopic (exact) mass is 443 g/mol. The molecule has 0 spiro atoms. The van der Waals surface area contributed by atoms with Crippen LogP contribution < -0.4 is 10.2 Å². The number of anilines is 1. The normalized spacial score (nSPS) is 22.7. The van der Waals surface area contributed by atoms with Gasteiger partial charge >= 0.3 is 0 Å². The van der Waals surface area contributed by atoms with Crippen molar-refractivity contribution in [2.75, 3.05) is 5.43 Å². The van der Waals surface area contributed by atoms with Crippen LogP contribution in [0, 0.1) is 0 Å². The maximum atomic E-state index is 6.17. The molecule has 3 bridgehead atoms. The third-order valence-corrected chi connectivity index (χ3v) is 7.81. The van der Waals surface area contributed by atoms with Gasteiger partial charge in [-0.3, -0.25) is 5.43 Å². The standard InChI is InChI=1S/C23H17N5O3S/c1-2-13-14(3-1)20-18(13)19-22(25-21(26-23(19)32-20)16-6-7-24-30-16)27-28-10-11-4-5-15-12(8-11)9-17(29-15)31-28/h2,4-8,14,17H,1,3,9-10H2,(H,25,26,27). The molecule has 4 aromatic rings. The lowest BCUT2D eigenvalue weighted by molar-refractivity contribution is -0.240. The van der Waals surface area contributed by atoms with Crippen LogP contribution in [-0.4, -0.2) is 26.6 Å². The molecule has 2 atom stereocenters. The fourth-order valence-electron chi connectivity index (χ4n) is 5.20. The Morgan fingerprint density at radius 2 is 2.19 bits per heavy atom. The van der Waals surface area contributed by atoms with E-state index in [0.717, 1.165) is 34.4 Å². The summed E-state index contributed by atoms with van der Waals surface area (Å²) in [6, 6.07) is 8.06. The fraction of sp³-hybridized carbons (Fsp3) is 0.261. The van der Waals surface area contributed by atoms with E-state index in [1.807, 2.05) is 6.07 Å². The van der Waals surface area contributed by atoms with Crippen molar-refractivity contribution in [3.05, 3.63) is 58.1 Å². The quantitative estimate of drug-likeness (QED) is 0.490. The van der Waals surface area contributed by atoms with Crippen molar-refractivity contribution in [2.24, 2.45) is 0 Å². The van der Waals surface area contributed by atoms with Gasteiger partial charge in [-0.25, -0.2) is 14.8 Å². The van der Waals surface area contributed by atoms with Crippen molar-refractivity contribution >= 4 is 32.9 Å². The maximum Gasteiger partial charge on any atom is 0.224 e. The molecule has 0 radical (unpaired) electrons. The maximum absolute atomic E-state index is 6.17. The Bertz CT molecular complexity index is 1440. The molecule has 32 heavy (non-hydrogen) atoms. The Hall–Kier alpha value is -3.27. The first-order valence-corrected chi connectivity index (χ1v) is 11.6. The summed E-state index contributed by atoms with van der Waals surface area (Å²) in [5.74, 6) is 3.20. The summed E-state index contributed by atoms with van der Waals surface area (Å²) >= 11 is 1.75. The molecule has 4 aliphatic rings. The van der Waals surface area contributed by atoms with Gasteiger partial charge in [0, 0.05) is 34.4 Å². The summed E-state index contributed by atoms with van der Waals surface area (Å²) in [4.78, 5) is 18.2. The second-order valence-electron chi connectivity index (χ2n) is 8.53. The number of hydroxylamine groups is 1. The summed E-state index contributed by atoms with van der Waals surface area (Å²) in [5, 5.41) is 6.60. The first kappa shape index (κ1) is 17.3. The van der Waals surface area contributed by atoms with Crippen molar-refractivity contribution in [3.8, 4) is 17.3 Å². The Morgan fingerprint density at radius 3 is 3.12 bits per heavy atom. The van der Waals surface area contributed by atoms with Gasteiger partial charge in [0.2, 0.25) is 17.9 Å². The molecule has 3 aromatic heterocycles. The summed E-state index contributed by atoms with van der Waals surface area (Å²) < 4.78 is 11.3. The van der Waals surface area contributed by atoms with Crippen molar-refractivity contribution in [1.29, 1.82) is 0 Å². The number of rotatable bonds is 3. The largest absolute Gasteiger partial charge is 0.463 e. The van der Waals surface area contributed by atoms with Crippen LogP contribution in [-0.2, 0) is 17.8 Å². The minimum atomic E-state index is -0.355. The third kappa shape index (κ3) is 2.35. The molecule has 8 nitrogen and oxygen atoms in total. The average Bonchev–Trinajstić information content (AvgIpc) is 3.54. The number of hydrazine groups is 1. The number of allylic oxidation sites excluding steroid dienone is 2. The van der Waals surface area contributed by atoms with Gasteiger partial charge in [0.1, 0.15) is 10.6 Å². The Balaban J connectivity index is 1.26. The zero-order chi connectivity index (χ0) is 20.8. The third-order valence-electron chi connectivity index (χ3n) is 6.61. The van der Waals surface area contributed by atoms with Crippen molar-refractivity contribution in [1.82, 2.24) is 20.3 Å². The molecule has 1 aromatic carbocycles. The van der Waals surface area contributed by atoms with E-state index >= 15 is 0 Å². The molecule has 0 fully saturated rings. The van der Waals surface area contributed by atoms with Gasteiger partial charge in [-0.15, -0.1) is 11.3 Å². The lowest BCUT2D eigenvalue weighted by Gasteiger charge is -2.28. The highest BCUT2D eigenvalue weighted by Crippen LogP contribution is 2.59. The number of aromatic nitrogens is 3. The van der Waals surface area contributed by atoms with Crippen LogP contribution in [0.2, 0.25) is 0 Å². The Kier molecular flexibility index (Phi) is 3.33. The number of thiophene rings is 1. The number of nitrogens with zero attached hydrogens (tertiary/aromatic N) is 4.